The summed E-state index contributed by atoms with van der Waals surface area (Å²) in [5.41, 5.74) is 0. The van der Waals surface area contributed by atoms with Gasteiger partial charge in [-0.1, -0.05) is 0 Å². The summed E-state index contributed by atoms with van der Waals surface area (Å²) in [5.74, 6) is 264. The van der Waals surface area contributed by atoms with Gasteiger partial charge in [0.25, 0.3) is 0 Å². The van der Waals surface area contributed by atoms with Crippen molar-refractivity contribution in [3.63, 3.8) is 0 Å². The SMILES string of the molecule is [CH2-]C#CC#CC#CC#CC#CC#CC#CC#CC#CC#CC#CC#CC#CC#CC#CC#CC#CC#CC#CC#CC#CC#CC#CC#CC#CC#CC#CC#CC#CC#CC#CC#CC#CC#CC#CC#CC#CC#CC#CC#CC#CC#CC#CC#CC#CC#CC#CC#CC#CC#CC#CC#CC#C[CH2-]. The predicted molar refractivity (Wildman–Crippen MR) is 423 cm³/mol. The molecule has 438 valence electrons. The van der Waals surface area contributed by atoms with Gasteiger partial charge in [0.15, 0.2) is 0 Å². The van der Waals surface area contributed by atoms with Gasteiger partial charge in [0, 0.05) is 497 Å². The molecule has 0 saturated heterocycles. The third kappa shape index (κ3) is 82.4. The van der Waals surface area contributed by atoms with Crippen LogP contribution in [0.5, 0.6) is 0 Å². The zero-order valence-corrected chi connectivity index (χ0v) is 54.4. The van der Waals surface area contributed by atoms with Gasteiger partial charge in [0.2, 0.25) is 0 Å². The fourth-order valence-corrected chi connectivity index (χ4v) is 3.28. The molecule has 0 heterocycles. The Bertz CT molecular complexity index is 7190. The van der Waals surface area contributed by atoms with Crippen LogP contribution in [0.2, 0.25) is 0 Å². The van der Waals surface area contributed by atoms with Gasteiger partial charge < -0.3 is 0 Å². The lowest BCUT2D eigenvalue weighted by Crippen LogP contribution is -1.57. The maximum atomic E-state index is 3.32. The van der Waals surface area contributed by atoms with Gasteiger partial charge in [-0.25, -0.2) is 11.8 Å². The van der Waals surface area contributed by atoms with E-state index in [2.05, 4.69) is 641 Å². The topological polar surface area (TPSA) is 0 Å². The minimum absolute atomic E-state index is 2.37. The standard InChI is InChI=1S/C108H4/c1-3-5-7-9-11-13-15-17-19-21-23-25-27-29-31-33-35-37-39-41-43-45-47-49-51-53-55-57-59-61-63-65-67-69-71-73-75-77-79-81-83-85-87-89-91-93-95-97-99-101-103-105-107-108-106-104-102-100-98-96-94-92-90-88-86-84-82-80-78-76-74-72-70-68-66-64-62-60-58-56-54-52-50-48-46-44-42-40-38-36-34-32-30-28-26-24-22-20-18-16-14-12-10-8-6-4-2/h1-2H2/q-2. The molecule has 0 fully saturated rings. The highest BCUT2D eigenvalue weighted by molar-refractivity contribution is 5.57. The first kappa shape index (κ1) is 84.4. The third-order valence-electron chi connectivity index (χ3n) is 6.61. The molecule has 0 heteroatoms. The molecule has 0 unspecified atom stereocenters. The lowest BCUT2D eigenvalue weighted by Gasteiger charge is -1.64. The van der Waals surface area contributed by atoms with Crippen molar-refractivity contribution in [2.45, 2.75) is 0 Å². The van der Waals surface area contributed by atoms with E-state index >= 15 is 0 Å². The summed E-state index contributed by atoms with van der Waals surface area (Å²) in [7, 11) is 0. The second kappa shape index (κ2) is 83.4. The zero-order valence-electron chi connectivity index (χ0n) is 54.4. The van der Waals surface area contributed by atoms with E-state index in [1.165, 1.54) is 0 Å². The molecule has 0 aliphatic rings. The Morgan fingerprint density at radius 3 is 0.102 bits per heavy atom. The summed E-state index contributed by atoms with van der Waals surface area (Å²) in [5, 5.41) is 0. The summed E-state index contributed by atoms with van der Waals surface area (Å²) in [6.07, 6.45) is 0. The summed E-state index contributed by atoms with van der Waals surface area (Å²) in [4.78, 5) is 0. The van der Waals surface area contributed by atoms with Gasteiger partial charge in [0.1, 0.15) is 0 Å². The minimum atomic E-state index is 2.37. The predicted octanol–water partition coefficient (Wildman–Crippen LogP) is 0.835. The summed E-state index contributed by atoms with van der Waals surface area (Å²) >= 11 is 0. The van der Waals surface area contributed by atoms with Crippen molar-refractivity contribution < 1.29 is 0 Å². The van der Waals surface area contributed by atoms with Crippen LogP contribution in [-0.4, -0.2) is 0 Å². The van der Waals surface area contributed by atoms with Crippen molar-refractivity contribution >= 4 is 0 Å². The second-order valence-corrected chi connectivity index (χ2v) is 13.4. The second-order valence-electron chi connectivity index (χ2n) is 13.4. The van der Waals surface area contributed by atoms with E-state index in [9.17, 15) is 0 Å². The van der Waals surface area contributed by atoms with E-state index in [1.54, 1.807) is 0 Å². The largest absolute Gasteiger partial charge is 0.284 e. The molecule has 0 aromatic heterocycles. The molecule has 0 radical (unpaired) electrons. The molecule has 0 rings (SSSR count). The Morgan fingerprint density at radius 1 is 0.0463 bits per heavy atom. The molecule has 0 aliphatic heterocycles. The first-order valence-corrected chi connectivity index (χ1v) is 27.0. The van der Waals surface area contributed by atoms with E-state index in [-0.39, 0.29) is 0 Å². The molecule has 108 heavy (non-hydrogen) atoms. The lowest BCUT2D eigenvalue weighted by molar-refractivity contribution is 2.31. The zero-order chi connectivity index (χ0) is 77.0. The van der Waals surface area contributed by atoms with Gasteiger partial charge in [-0.3, -0.25) is 11.8 Å². The van der Waals surface area contributed by atoms with Crippen molar-refractivity contribution in [1.29, 1.82) is 0 Å². The van der Waals surface area contributed by atoms with Crippen LogP contribution in [-0.2, 0) is 0 Å². The van der Waals surface area contributed by atoms with Crippen molar-refractivity contribution in [3.8, 4) is 628 Å². The Kier molecular flexibility index (Phi) is 65.2. The van der Waals surface area contributed by atoms with Gasteiger partial charge in [-0.05, 0) is 94.7 Å². The highest BCUT2D eigenvalue weighted by Gasteiger charge is 1.67. The fourth-order valence-electron chi connectivity index (χ4n) is 3.28. The van der Waals surface area contributed by atoms with Gasteiger partial charge in [-0.15, -0.1) is 11.8 Å². The Morgan fingerprint density at radius 2 is 0.0741 bits per heavy atom. The lowest BCUT2D eigenvalue weighted by atomic mass is 10.4. The molecule has 0 nitrogen and oxygen atoms in total. The Balaban J connectivity index is 4.64. The first-order valence-electron chi connectivity index (χ1n) is 27.0. The van der Waals surface area contributed by atoms with E-state index in [0.717, 1.165) is 0 Å². The minimum Gasteiger partial charge on any atom is -0.284 e. The molecule has 0 amide bonds. The van der Waals surface area contributed by atoms with Crippen molar-refractivity contribution in [2.75, 3.05) is 0 Å². The van der Waals surface area contributed by atoms with E-state index in [1.807, 2.05) is 0 Å². The Hall–Kier alpha value is -23.6. The number of rotatable bonds is 0. The molecule has 0 N–H and O–H groups in total. The van der Waals surface area contributed by atoms with Crippen LogP contribution in [0.25, 0.3) is 0 Å². The van der Waals surface area contributed by atoms with Gasteiger partial charge in [0.05, 0.1) is 0 Å². The molecule has 0 atom stereocenters. The van der Waals surface area contributed by atoms with E-state index in [0.29, 0.717) is 0 Å². The monoisotopic (exact) mass is 1300 g/mol. The van der Waals surface area contributed by atoms with Crippen LogP contribution in [0.4, 0.5) is 0 Å². The molecule has 0 aromatic carbocycles. The van der Waals surface area contributed by atoms with Crippen LogP contribution in [0.3, 0.4) is 0 Å². The van der Waals surface area contributed by atoms with Gasteiger partial charge >= 0.3 is 0 Å². The van der Waals surface area contributed by atoms with Crippen LogP contribution in [0.15, 0.2) is 0 Å². The third-order valence-corrected chi connectivity index (χ3v) is 6.61. The molecule has 0 spiro atoms. The number of hydrogen-bond acceptors (Lipinski definition) is 0. The molecule has 0 saturated carbocycles. The summed E-state index contributed by atoms with van der Waals surface area (Å²) in [6, 6.07) is 0. The van der Waals surface area contributed by atoms with Crippen LogP contribution in [0.1, 0.15) is 0 Å². The summed E-state index contributed by atoms with van der Waals surface area (Å²) in [6.45, 7) is 6.64. The van der Waals surface area contributed by atoms with Crippen LogP contribution >= 0.6 is 0 Å². The Labute approximate surface area is 637 Å². The fraction of sp³-hybridized carbons (Fsp3) is 0. The smallest absolute Gasteiger partial charge is 0 e. The quantitative estimate of drug-likeness (QED) is 0.250. The number of hydrogen-bond donors (Lipinski definition) is 0. The van der Waals surface area contributed by atoms with E-state index < -0.39 is 0 Å². The van der Waals surface area contributed by atoms with Gasteiger partial charge in [-0.2, -0.15) is 13.8 Å². The molecule has 0 bridgehead atoms. The van der Waals surface area contributed by atoms with Crippen LogP contribution < -0.4 is 0 Å². The maximum absolute atomic E-state index is 3.32. The average molecular weight is 1300 g/mol. The highest BCUT2D eigenvalue weighted by atomic mass is 13.7. The molecule has 0 aromatic rings. The maximum Gasteiger partial charge on any atom is 0 e. The highest BCUT2D eigenvalue weighted by Crippen LogP contribution is 1.68. The molecule has 0 aliphatic carbocycles. The van der Waals surface area contributed by atoms with E-state index in [4.69, 9.17) is 0 Å². The molecular formula is C108H4-2. The van der Waals surface area contributed by atoms with Crippen molar-refractivity contribution in [3.05, 3.63) is 13.8 Å². The van der Waals surface area contributed by atoms with Crippen molar-refractivity contribution in [1.82, 2.24) is 0 Å². The van der Waals surface area contributed by atoms with Crippen LogP contribution in [0, 0.1) is 641 Å². The summed E-state index contributed by atoms with van der Waals surface area (Å²) < 4.78 is 0. The normalized spacial score (nSPS) is 3.96. The van der Waals surface area contributed by atoms with Crippen molar-refractivity contribution in [2.24, 2.45) is 0 Å². The average Bonchev–Trinajstić information content (AvgIpc) is 3.89. The first-order chi connectivity index (χ1) is 53.9. The molecular weight excluding hydrogens is 1300 g/mol.